The minimum atomic E-state index is -0.991. The third kappa shape index (κ3) is 12.8. The van der Waals surface area contributed by atoms with Crippen LogP contribution in [-0.2, 0) is 44.7 Å². The number of fused-ring (bicyclic) bond motifs is 3. The molecular formula is C51H63ClN8O9S2. The van der Waals surface area contributed by atoms with E-state index in [1.165, 1.54) is 4.90 Å². The first-order chi connectivity index (χ1) is 34.0. The molecule has 5 heterocycles. The highest BCUT2D eigenvalue weighted by atomic mass is 35.5. The van der Waals surface area contributed by atoms with E-state index in [1.54, 1.807) is 22.7 Å². The number of nitrogens with one attached hydrogen (secondary N) is 2. The Kier molecular flexibility index (Phi) is 18.0. The normalized spacial score (nSPS) is 17.5. The molecule has 3 aromatic heterocycles. The number of carbonyl (C=O) groups is 4. The summed E-state index contributed by atoms with van der Waals surface area (Å²) in [6, 6.07) is 12.8. The van der Waals surface area contributed by atoms with E-state index in [2.05, 4.69) is 39.7 Å². The lowest BCUT2D eigenvalue weighted by Crippen LogP contribution is -2.58. The van der Waals surface area contributed by atoms with Gasteiger partial charge in [0.15, 0.2) is 5.82 Å². The number of ether oxygens (including phenoxy) is 4. The minimum Gasteiger partial charge on any atom is -0.463 e. The van der Waals surface area contributed by atoms with Gasteiger partial charge in [-0.05, 0) is 68.4 Å². The summed E-state index contributed by atoms with van der Waals surface area (Å²) < 4.78 is 24.6. The molecule has 380 valence electrons. The number of carbonyl (C=O) groups excluding carboxylic acids is 4. The van der Waals surface area contributed by atoms with Crippen LogP contribution in [0.1, 0.15) is 91.1 Å². The molecule has 3 amide bonds. The molecule has 71 heavy (non-hydrogen) atoms. The maximum absolute atomic E-state index is 14.0. The first-order valence-corrected chi connectivity index (χ1v) is 25.8. The van der Waals surface area contributed by atoms with Gasteiger partial charge in [0.1, 0.15) is 42.2 Å². The fourth-order valence-electron chi connectivity index (χ4n) is 8.64. The van der Waals surface area contributed by atoms with Crippen LogP contribution in [0.15, 0.2) is 59.0 Å². The van der Waals surface area contributed by atoms with Gasteiger partial charge in [0.05, 0.1) is 66.8 Å². The van der Waals surface area contributed by atoms with E-state index in [1.807, 2.05) is 100 Å². The summed E-state index contributed by atoms with van der Waals surface area (Å²) in [4.78, 5) is 67.4. The van der Waals surface area contributed by atoms with Crippen LogP contribution in [0.25, 0.3) is 15.4 Å². The van der Waals surface area contributed by atoms with Gasteiger partial charge in [0.2, 0.25) is 17.7 Å². The number of hydrogen-bond donors (Lipinski definition) is 3. The molecule has 0 unspecified atom stereocenters. The largest absolute Gasteiger partial charge is 0.463 e. The molecule has 3 N–H and O–H groups in total. The van der Waals surface area contributed by atoms with Gasteiger partial charge in [0.25, 0.3) is 0 Å². The van der Waals surface area contributed by atoms with E-state index in [0.29, 0.717) is 23.1 Å². The first-order valence-electron chi connectivity index (χ1n) is 23.8. The van der Waals surface area contributed by atoms with Gasteiger partial charge in [-0.2, -0.15) is 0 Å². The molecule has 2 aliphatic rings. The Labute approximate surface area is 427 Å². The zero-order valence-corrected chi connectivity index (χ0v) is 43.8. The molecule has 0 saturated carbocycles. The zero-order chi connectivity index (χ0) is 51.0. The molecule has 2 aliphatic heterocycles. The fourth-order valence-corrected chi connectivity index (χ4v) is 10.8. The van der Waals surface area contributed by atoms with Crippen molar-refractivity contribution in [1.29, 1.82) is 0 Å². The highest BCUT2D eigenvalue weighted by Gasteiger charge is 2.45. The molecule has 2 aromatic carbocycles. The Hall–Kier alpha value is -5.41. The van der Waals surface area contributed by atoms with E-state index in [0.717, 1.165) is 54.0 Å². The van der Waals surface area contributed by atoms with Crippen LogP contribution < -0.4 is 10.6 Å². The van der Waals surface area contributed by atoms with Crippen LogP contribution in [0.2, 0.25) is 5.02 Å². The lowest BCUT2D eigenvalue weighted by atomic mass is 9.85. The molecule has 1 fully saturated rings. The highest BCUT2D eigenvalue weighted by molar-refractivity contribution is 7.15. The maximum atomic E-state index is 14.0. The van der Waals surface area contributed by atoms with E-state index < -0.39 is 53.3 Å². The molecular weight excluding hydrogens is 968 g/mol. The number of esters is 1. The van der Waals surface area contributed by atoms with Crippen LogP contribution in [-0.4, -0.2) is 130 Å². The van der Waals surface area contributed by atoms with Crippen LogP contribution in [0.5, 0.6) is 0 Å². The number of β-amino-alcohol motifs (C(OH)–C–C–N with tert-alkyl or cyclic N) is 1. The number of aliphatic hydroxyl groups is 1. The summed E-state index contributed by atoms with van der Waals surface area (Å²) in [5.41, 5.74) is 7.68. The lowest BCUT2D eigenvalue weighted by Gasteiger charge is -2.35. The van der Waals surface area contributed by atoms with Crippen molar-refractivity contribution in [2.24, 2.45) is 16.3 Å². The number of aliphatic hydroxyl groups excluding tert-OH is 1. The van der Waals surface area contributed by atoms with Crippen molar-refractivity contribution < 1.29 is 43.2 Å². The van der Waals surface area contributed by atoms with Crippen LogP contribution >= 0.6 is 34.3 Å². The van der Waals surface area contributed by atoms with Gasteiger partial charge < -0.3 is 39.6 Å². The predicted octanol–water partition coefficient (Wildman–Crippen LogP) is 6.66. The number of likely N-dealkylation sites (tertiary alicyclic amines) is 1. The van der Waals surface area contributed by atoms with Gasteiger partial charge in [-0.25, -0.2) is 4.98 Å². The third-order valence-corrected chi connectivity index (χ3v) is 15.0. The van der Waals surface area contributed by atoms with Crippen molar-refractivity contribution in [2.45, 2.75) is 99.0 Å². The SMILES string of the molecule is CC[C@@H](C(=O)OCCOCCOCCOCC(=O)N[C@H](C(=O)N1C[C@@H](O)C[C@H]1C(=O)NCc1ccc(-c2scnc2C)cc1)C(C)(C)C)[C@@H]1N=C(c2ccc(Cl)cc2)c2c(sc(C)c2C)-n2c(C)nnc21. The van der Waals surface area contributed by atoms with Gasteiger partial charge in [-0.1, -0.05) is 75.7 Å². The Morgan fingerprint density at radius 3 is 2.21 bits per heavy atom. The van der Waals surface area contributed by atoms with Gasteiger partial charge in [-0.15, -0.1) is 32.9 Å². The number of rotatable bonds is 21. The van der Waals surface area contributed by atoms with Gasteiger partial charge in [-0.3, -0.25) is 28.7 Å². The first kappa shape index (κ1) is 53.4. The molecule has 7 rings (SSSR count). The molecule has 0 bridgehead atoms. The Morgan fingerprint density at radius 1 is 0.901 bits per heavy atom. The summed E-state index contributed by atoms with van der Waals surface area (Å²) in [7, 11) is 0. The monoisotopic (exact) mass is 1030 g/mol. The maximum Gasteiger partial charge on any atom is 0.311 e. The number of thiophene rings is 1. The van der Waals surface area contributed by atoms with E-state index in [9.17, 15) is 24.3 Å². The van der Waals surface area contributed by atoms with Gasteiger partial charge >= 0.3 is 5.97 Å². The van der Waals surface area contributed by atoms with Crippen molar-refractivity contribution in [3.05, 3.63) is 104 Å². The molecule has 1 saturated heterocycles. The Morgan fingerprint density at radius 2 is 1.56 bits per heavy atom. The molecule has 20 heteroatoms. The minimum absolute atomic E-state index is 0.0275. The molecule has 5 atom stereocenters. The van der Waals surface area contributed by atoms with Crippen molar-refractivity contribution in [1.82, 2.24) is 35.3 Å². The number of halogens is 1. The quantitative estimate of drug-likeness (QED) is 0.0521. The van der Waals surface area contributed by atoms with Crippen molar-refractivity contribution in [2.75, 3.05) is 52.8 Å². The summed E-state index contributed by atoms with van der Waals surface area (Å²) >= 11 is 9.48. The third-order valence-electron chi connectivity index (χ3n) is 12.6. The second-order valence-electron chi connectivity index (χ2n) is 18.7. The molecule has 5 aromatic rings. The van der Waals surface area contributed by atoms with Crippen LogP contribution in [0.4, 0.5) is 0 Å². The lowest BCUT2D eigenvalue weighted by molar-refractivity contribution is -0.151. The Bertz CT molecular complexity index is 2700. The molecule has 17 nitrogen and oxygen atoms in total. The number of benzene rings is 2. The van der Waals surface area contributed by atoms with Crippen molar-refractivity contribution >= 4 is 63.7 Å². The molecule has 0 spiro atoms. The summed E-state index contributed by atoms with van der Waals surface area (Å²) in [6.45, 7) is 16.2. The van der Waals surface area contributed by atoms with E-state index in [4.69, 9.17) is 35.5 Å². The second-order valence-corrected chi connectivity index (χ2v) is 21.2. The number of nitrogens with zero attached hydrogens (tertiary/aromatic N) is 6. The zero-order valence-electron chi connectivity index (χ0n) is 41.5. The smallest absolute Gasteiger partial charge is 0.311 e. The number of hydrogen-bond acceptors (Lipinski definition) is 15. The topological polar surface area (TPSA) is 209 Å². The second kappa shape index (κ2) is 23.9. The standard InChI is InChI=1S/C51H63ClN8O9S2/c1-9-38(43-46-58-57-32(5)60(46)49-41(29(2)31(4)71-49)42(56-43)34-14-16-36(52)17-15-34)50(65)69-23-22-67-19-18-66-20-21-68-27-40(62)55-45(51(6,7)8)48(64)59-26-37(61)24-39(59)47(63)53-25-33-10-12-35(13-11-33)44-30(3)54-28-70-44/h10-17,28,37-39,43,45,61H,9,18-27H2,1-8H3,(H,53,63)(H,55,62)/t37-,38+,39-,43-,45+/m0/s1. The summed E-state index contributed by atoms with van der Waals surface area (Å²) in [5.74, 6) is -1.14. The van der Waals surface area contributed by atoms with Crippen LogP contribution in [0.3, 0.4) is 0 Å². The number of aromatic nitrogens is 4. The number of amides is 3. The fraction of sp³-hybridized carbons (Fsp3) is 0.490. The molecule has 0 radical (unpaired) electrons. The van der Waals surface area contributed by atoms with Crippen molar-refractivity contribution in [3.63, 3.8) is 0 Å². The van der Waals surface area contributed by atoms with Crippen LogP contribution in [0, 0.1) is 39.0 Å². The number of aryl methyl sites for hydroxylation is 3. The average Bonchev–Trinajstić information content (AvgIpc) is 4.11. The summed E-state index contributed by atoms with van der Waals surface area (Å²) in [6.07, 6.45) is -0.357. The van der Waals surface area contributed by atoms with Crippen molar-refractivity contribution in [3.8, 4) is 15.4 Å². The average molecular weight is 1030 g/mol. The van der Waals surface area contributed by atoms with E-state index >= 15 is 0 Å². The summed E-state index contributed by atoms with van der Waals surface area (Å²) in [5, 5.41) is 26.8. The molecule has 0 aliphatic carbocycles. The van der Waals surface area contributed by atoms with E-state index in [-0.39, 0.29) is 71.7 Å². The Balaban J connectivity index is 0.818. The van der Waals surface area contributed by atoms with Gasteiger partial charge in [0, 0.05) is 40.5 Å². The predicted molar refractivity (Wildman–Crippen MR) is 272 cm³/mol. The highest BCUT2D eigenvalue weighted by Crippen LogP contribution is 2.42. The number of thiazole rings is 1. The number of aliphatic imine (C=N–C) groups is 1.